The number of rotatable bonds is 2. The monoisotopic (exact) mass is 293 g/mol. The summed E-state index contributed by atoms with van der Waals surface area (Å²) in [5.41, 5.74) is -0.673. The van der Waals surface area contributed by atoms with Crippen molar-refractivity contribution in [2.45, 2.75) is 30.5 Å². The largest absolute Gasteiger partial charge is 0.346 e. The fraction of sp³-hybridized carbons (Fsp3) is 0.545. The highest BCUT2D eigenvalue weighted by molar-refractivity contribution is 7.10. The molecule has 1 saturated heterocycles. The van der Waals surface area contributed by atoms with Crippen molar-refractivity contribution in [1.29, 1.82) is 0 Å². The van der Waals surface area contributed by atoms with Crippen LogP contribution in [-0.4, -0.2) is 27.9 Å². The molecular weight excluding hydrogens is 281 g/mol. The Morgan fingerprint density at radius 2 is 2.35 bits per heavy atom. The summed E-state index contributed by atoms with van der Waals surface area (Å²) in [6.45, 7) is 4.17. The predicted octanol–water partition coefficient (Wildman–Crippen LogP) is 3.19. The van der Waals surface area contributed by atoms with Crippen molar-refractivity contribution in [2.75, 3.05) is 6.54 Å². The number of thiophene rings is 1. The Morgan fingerprint density at radius 1 is 1.65 bits per heavy atom. The normalized spacial score (nSPS) is 23.4. The topological polar surface area (TPSA) is 29.5 Å². The first-order chi connectivity index (χ1) is 7.92. The Bertz CT molecular complexity index is 406. The molecule has 0 aliphatic carbocycles. The van der Waals surface area contributed by atoms with E-state index in [9.17, 15) is 4.79 Å². The van der Waals surface area contributed by atoms with Crippen LogP contribution in [0.1, 0.15) is 24.8 Å². The smallest absolute Gasteiger partial charge is 0.258 e. The molecule has 1 aromatic heterocycles. The Kier molecular flexibility index (Phi) is 3.69. The second kappa shape index (κ2) is 4.76. The zero-order chi connectivity index (χ0) is 12.6. The molecule has 0 unspecified atom stereocenters. The van der Waals surface area contributed by atoms with Gasteiger partial charge in [-0.05, 0) is 25.3 Å². The van der Waals surface area contributed by atoms with Crippen molar-refractivity contribution >= 4 is 40.4 Å². The number of carbonyl (C=O) groups excluding carboxylic acids is 1. The molecule has 0 bridgehead atoms. The zero-order valence-corrected chi connectivity index (χ0v) is 11.9. The van der Waals surface area contributed by atoms with Crippen LogP contribution >= 0.6 is 34.5 Å². The maximum Gasteiger partial charge on any atom is 0.258 e. The van der Waals surface area contributed by atoms with Crippen molar-refractivity contribution in [3.63, 3.8) is 0 Å². The van der Waals surface area contributed by atoms with Gasteiger partial charge in [0.05, 0.1) is 6.54 Å². The number of alkyl halides is 2. The van der Waals surface area contributed by atoms with Gasteiger partial charge in [0, 0.05) is 4.88 Å². The lowest BCUT2D eigenvalue weighted by atomic mass is 10.2. The van der Waals surface area contributed by atoms with E-state index in [0.717, 1.165) is 4.88 Å². The van der Waals surface area contributed by atoms with Crippen LogP contribution < -0.4 is 0 Å². The Hall–Kier alpha value is -0.290. The van der Waals surface area contributed by atoms with Gasteiger partial charge in [0.1, 0.15) is 11.8 Å². The minimum atomic E-state index is -1.04. The van der Waals surface area contributed by atoms with Gasteiger partial charge in [0.2, 0.25) is 0 Å². The Labute approximate surface area is 114 Å². The molecule has 0 spiro atoms. The number of hydrogen-bond acceptors (Lipinski definition) is 3. The van der Waals surface area contributed by atoms with Gasteiger partial charge in [-0.1, -0.05) is 29.3 Å². The van der Waals surface area contributed by atoms with Crippen LogP contribution in [0.4, 0.5) is 0 Å². The molecule has 0 radical (unpaired) electrons. The fourth-order valence-corrected chi connectivity index (χ4v) is 2.91. The summed E-state index contributed by atoms with van der Waals surface area (Å²) in [7, 11) is 0. The Morgan fingerprint density at radius 3 is 2.88 bits per heavy atom. The molecule has 1 aliphatic heterocycles. The van der Waals surface area contributed by atoms with Gasteiger partial charge in [-0.2, -0.15) is 0 Å². The van der Waals surface area contributed by atoms with E-state index < -0.39 is 10.6 Å². The molecule has 1 amide bonds. The number of nitrogens with zero attached hydrogens (tertiary/aromatic N) is 1. The number of amides is 1. The van der Waals surface area contributed by atoms with E-state index in [1.807, 2.05) is 31.4 Å². The first-order valence-electron chi connectivity index (χ1n) is 5.22. The van der Waals surface area contributed by atoms with Crippen molar-refractivity contribution in [2.24, 2.45) is 0 Å². The zero-order valence-electron chi connectivity index (χ0n) is 9.52. The molecule has 0 saturated carbocycles. The van der Waals surface area contributed by atoms with Crippen LogP contribution in [0.5, 0.6) is 0 Å². The minimum Gasteiger partial charge on any atom is -0.346 e. The summed E-state index contributed by atoms with van der Waals surface area (Å²) < 4.78 is 5.88. The fourth-order valence-electron chi connectivity index (χ4n) is 1.93. The molecule has 2 rings (SSSR count). The van der Waals surface area contributed by atoms with Crippen LogP contribution in [-0.2, 0) is 9.53 Å². The number of halogens is 2. The van der Waals surface area contributed by atoms with Crippen molar-refractivity contribution in [3.05, 3.63) is 22.4 Å². The van der Waals surface area contributed by atoms with Gasteiger partial charge in [-0.25, -0.2) is 0 Å². The average Bonchev–Trinajstić information content (AvgIpc) is 2.83. The summed E-state index contributed by atoms with van der Waals surface area (Å²) in [5.74, 6) is -0.308. The van der Waals surface area contributed by atoms with Gasteiger partial charge in [-0.3, -0.25) is 4.79 Å². The molecule has 3 nitrogen and oxygen atoms in total. The van der Waals surface area contributed by atoms with Crippen LogP contribution in [0.15, 0.2) is 17.5 Å². The molecule has 1 atom stereocenters. The quantitative estimate of drug-likeness (QED) is 0.784. The third kappa shape index (κ3) is 2.60. The molecule has 0 N–H and O–H groups in total. The van der Waals surface area contributed by atoms with E-state index in [2.05, 4.69) is 0 Å². The highest BCUT2D eigenvalue weighted by atomic mass is 35.5. The SMILES string of the molecule is CC1(C)O[C@@H](c2cccs2)CN1C(=O)C(Cl)Cl. The molecule has 6 heteroatoms. The summed E-state index contributed by atoms with van der Waals surface area (Å²) >= 11 is 12.9. The molecule has 94 valence electrons. The number of ether oxygens (including phenoxy) is 1. The van der Waals surface area contributed by atoms with E-state index in [1.54, 1.807) is 16.2 Å². The lowest BCUT2D eigenvalue weighted by Gasteiger charge is -2.30. The van der Waals surface area contributed by atoms with E-state index in [1.165, 1.54) is 0 Å². The van der Waals surface area contributed by atoms with Crippen LogP contribution in [0.25, 0.3) is 0 Å². The van der Waals surface area contributed by atoms with Gasteiger partial charge < -0.3 is 9.64 Å². The van der Waals surface area contributed by atoms with Crippen molar-refractivity contribution in [1.82, 2.24) is 4.90 Å². The highest BCUT2D eigenvalue weighted by Crippen LogP contribution is 2.38. The predicted molar refractivity (Wildman–Crippen MR) is 69.4 cm³/mol. The maximum absolute atomic E-state index is 11.9. The summed E-state index contributed by atoms with van der Waals surface area (Å²) in [6, 6.07) is 3.96. The molecular formula is C11H13Cl2NO2S. The molecule has 1 fully saturated rings. The second-order valence-corrected chi connectivity index (χ2v) is 6.39. The summed E-state index contributed by atoms with van der Waals surface area (Å²) in [5, 5.41) is 1.99. The van der Waals surface area contributed by atoms with Gasteiger partial charge >= 0.3 is 0 Å². The summed E-state index contributed by atoms with van der Waals surface area (Å²) in [4.78, 5) is 13.5. The first-order valence-corrected chi connectivity index (χ1v) is 6.98. The van der Waals surface area contributed by atoms with Crippen molar-refractivity contribution in [3.8, 4) is 0 Å². The molecule has 17 heavy (non-hydrogen) atoms. The van der Waals surface area contributed by atoms with Crippen LogP contribution in [0, 0.1) is 0 Å². The Balaban J connectivity index is 2.18. The summed E-state index contributed by atoms with van der Waals surface area (Å²) in [6.07, 6.45) is -0.0963. The van der Waals surface area contributed by atoms with Gasteiger partial charge in [0.25, 0.3) is 5.91 Å². The first kappa shape index (κ1) is 13.1. The second-order valence-electron chi connectivity index (χ2n) is 4.32. The maximum atomic E-state index is 11.9. The van der Waals surface area contributed by atoms with Crippen LogP contribution in [0.3, 0.4) is 0 Å². The third-order valence-electron chi connectivity index (χ3n) is 2.74. The molecule has 0 aromatic carbocycles. The lowest BCUT2D eigenvalue weighted by Crippen LogP contribution is -2.45. The van der Waals surface area contributed by atoms with E-state index in [4.69, 9.17) is 27.9 Å². The number of carbonyl (C=O) groups is 1. The molecule has 2 heterocycles. The lowest BCUT2D eigenvalue weighted by molar-refractivity contribution is -0.143. The third-order valence-corrected chi connectivity index (χ3v) is 4.08. The van der Waals surface area contributed by atoms with Crippen molar-refractivity contribution < 1.29 is 9.53 Å². The standard InChI is InChI=1S/C11H13Cl2NO2S/c1-11(2)14(10(15)9(12)13)6-7(16-11)8-4-3-5-17-8/h3-5,7,9H,6H2,1-2H3/t7-/m1/s1. The van der Waals surface area contributed by atoms with Gasteiger partial charge in [-0.15, -0.1) is 11.3 Å². The van der Waals surface area contributed by atoms with E-state index in [0.29, 0.717) is 6.54 Å². The van der Waals surface area contributed by atoms with Gasteiger partial charge in [0.15, 0.2) is 4.84 Å². The molecule has 1 aromatic rings. The minimum absolute atomic E-state index is 0.0963. The number of hydrogen-bond donors (Lipinski definition) is 0. The molecule has 1 aliphatic rings. The van der Waals surface area contributed by atoms with E-state index in [-0.39, 0.29) is 12.0 Å². The van der Waals surface area contributed by atoms with Crippen LogP contribution in [0.2, 0.25) is 0 Å². The van der Waals surface area contributed by atoms with E-state index >= 15 is 0 Å². The highest BCUT2D eigenvalue weighted by Gasteiger charge is 2.44. The average molecular weight is 294 g/mol.